The van der Waals surface area contributed by atoms with Gasteiger partial charge in [-0.2, -0.15) is 26.3 Å². The van der Waals surface area contributed by atoms with Gasteiger partial charge >= 0.3 is 12.4 Å². The smallest absolute Gasteiger partial charge is 0.393 e. The molecule has 19 atom stereocenters. The number of epoxide rings is 1. The maximum absolute atomic E-state index is 14.1. The Kier molecular flexibility index (Phi) is 18.4. The molecule has 11 rings (SSSR count). The molecule has 16 heteroatoms. The number of benzene rings is 2. The molecule has 472 valence electrons. The molecule has 2 aromatic rings. The first-order valence-electron chi connectivity index (χ1n) is 31.8. The lowest BCUT2D eigenvalue weighted by Crippen LogP contribution is -2.56. The van der Waals surface area contributed by atoms with E-state index in [2.05, 4.69) is 55.4 Å². The maximum Gasteiger partial charge on any atom is 0.417 e. The molecule has 1 saturated heterocycles. The minimum absolute atomic E-state index is 0.0449. The van der Waals surface area contributed by atoms with E-state index in [0.29, 0.717) is 64.2 Å². The van der Waals surface area contributed by atoms with E-state index in [1.54, 1.807) is 48.5 Å². The van der Waals surface area contributed by atoms with Crippen molar-refractivity contribution in [3.63, 3.8) is 0 Å². The lowest BCUT2D eigenvalue weighted by Gasteiger charge is -2.59. The SMILES string of the molecule is CC(C)[C@@H](O)CC([C@@H](C)[C@H]1CC[C@H]2[C@@H]3CC=C4C[C@](O)(C(F)(F)F)CC[C@]4(C)[C@H]3CC[C@]12C)S(=O)(=O)c1ccccc1.CC(C)[C@@H]1CO1.C[C@H](CS(=O)(=O)c1ccccc1)[C@H]1CC[C@H]2[C@@H]3CC=C4C[C@](O)(C(F)(F)F)CC[C@]4(C)[C@H]3CC[C@]12C. The summed E-state index contributed by atoms with van der Waals surface area (Å²) in [5, 5.41) is 31.1. The number of aliphatic hydroxyl groups is 3. The highest BCUT2D eigenvalue weighted by atomic mass is 32.2. The summed E-state index contributed by atoms with van der Waals surface area (Å²) < 4.78 is 141. The third-order valence-corrected chi connectivity index (χ3v) is 29.1. The number of rotatable bonds is 12. The number of hydrogen-bond acceptors (Lipinski definition) is 8. The molecule has 84 heavy (non-hydrogen) atoms. The molecule has 0 radical (unpaired) electrons. The Bertz CT molecular complexity index is 2930. The van der Waals surface area contributed by atoms with Crippen LogP contribution in [0.3, 0.4) is 0 Å². The van der Waals surface area contributed by atoms with Crippen molar-refractivity contribution in [1.29, 1.82) is 0 Å². The van der Waals surface area contributed by atoms with Gasteiger partial charge in [-0.1, -0.05) is 129 Å². The summed E-state index contributed by atoms with van der Waals surface area (Å²) in [6.07, 6.45) is 3.74. The molecule has 0 bridgehead atoms. The van der Waals surface area contributed by atoms with Crippen LogP contribution in [-0.4, -0.2) is 85.5 Å². The van der Waals surface area contributed by atoms with E-state index in [9.17, 15) is 58.5 Å². The van der Waals surface area contributed by atoms with Crippen molar-refractivity contribution in [2.24, 2.45) is 92.7 Å². The van der Waals surface area contributed by atoms with Gasteiger partial charge in [0.15, 0.2) is 30.9 Å². The first-order valence-corrected chi connectivity index (χ1v) is 35.0. The summed E-state index contributed by atoms with van der Waals surface area (Å²) in [4.78, 5) is 0.685. The molecule has 8 aliphatic carbocycles. The molecule has 0 spiro atoms. The monoisotopic (exact) mass is 1220 g/mol. The fourth-order valence-corrected chi connectivity index (χ4v) is 23.2. The lowest BCUT2D eigenvalue weighted by molar-refractivity contribution is -0.271. The maximum atomic E-state index is 14.1. The lowest BCUT2D eigenvalue weighted by atomic mass is 9.46. The number of aliphatic hydroxyl groups excluding tert-OH is 1. The summed E-state index contributed by atoms with van der Waals surface area (Å²) in [6.45, 7) is 22.3. The van der Waals surface area contributed by atoms with E-state index < -0.39 is 54.6 Å². The highest BCUT2D eigenvalue weighted by Crippen LogP contribution is 2.70. The molecule has 8 nitrogen and oxygen atoms in total. The number of alkyl halides is 6. The normalized spacial score (nSPS) is 39.6. The Morgan fingerprint density at radius 2 is 1.01 bits per heavy atom. The predicted octanol–water partition coefficient (Wildman–Crippen LogP) is 15.8. The Balaban J connectivity index is 0.000000185. The molecule has 2 aromatic carbocycles. The zero-order chi connectivity index (χ0) is 61.6. The standard InChI is InChI=1S/C34H49F3O4S.C29H39F3O3S.C5H10O/c1-21(2)29(38)19-30(42(40,41)24-9-7-6-8-10-24)22(3)26-13-14-27-25-12-11-23-20-33(39,34(35,36)37)18-17-31(23,4)28(25)15-16-32(26,27)5;1-19(18-36(34,35)21-7-5-4-6-8-21)23-11-12-24-22-10-9-20-17-28(33,29(30,31)32)16-15-26(20,2)25(22)13-14-27(23,24)3;1-4(2)5-3-6-5/h6-11,21-22,25-30,38-39H,12-20H2,1-5H3;4-9,19,22-25,33H,10-18H2,1-3H3;4-5H,3H2,1-2H3/t22-,25-,26+,27-,28-,29-,30?,31-,32+,33-;19-,22+,23-,24+,25+,26+,27-,28+;5-/m010/s1. The van der Waals surface area contributed by atoms with Crippen molar-refractivity contribution in [3.05, 3.63) is 84.0 Å². The van der Waals surface area contributed by atoms with Gasteiger partial charge in [0.05, 0.1) is 39.6 Å². The average molecular weight is 1220 g/mol. The van der Waals surface area contributed by atoms with Gasteiger partial charge in [-0.3, -0.25) is 0 Å². The van der Waals surface area contributed by atoms with Crippen molar-refractivity contribution in [3.8, 4) is 0 Å². The van der Waals surface area contributed by atoms with E-state index in [1.807, 2.05) is 38.1 Å². The van der Waals surface area contributed by atoms with Gasteiger partial charge in [0.2, 0.25) is 0 Å². The Hall–Kier alpha value is -2.76. The molecule has 9 aliphatic rings. The highest BCUT2D eigenvalue weighted by molar-refractivity contribution is 7.92. The first kappa shape index (κ1) is 65.7. The summed E-state index contributed by atoms with van der Waals surface area (Å²) in [5.41, 5.74) is -4.32. The van der Waals surface area contributed by atoms with Crippen LogP contribution in [0.25, 0.3) is 0 Å². The van der Waals surface area contributed by atoms with Crippen LogP contribution in [0, 0.1) is 92.7 Å². The molecule has 6 saturated carbocycles. The van der Waals surface area contributed by atoms with E-state index in [4.69, 9.17) is 4.74 Å². The number of allylic oxidation sites excluding steroid dienone is 2. The number of hydrogen-bond donors (Lipinski definition) is 3. The second-order valence-electron chi connectivity index (χ2n) is 29.9. The summed E-state index contributed by atoms with van der Waals surface area (Å²) in [7, 11) is -7.05. The predicted molar refractivity (Wildman–Crippen MR) is 317 cm³/mol. The van der Waals surface area contributed by atoms with E-state index in [1.165, 1.54) is 0 Å². The zero-order valence-electron chi connectivity index (χ0n) is 51.5. The number of sulfone groups is 2. The Labute approximate surface area is 498 Å². The van der Waals surface area contributed by atoms with Gasteiger partial charge in [-0.25, -0.2) is 16.8 Å². The van der Waals surface area contributed by atoms with Crippen LogP contribution in [0.2, 0.25) is 0 Å². The summed E-state index contributed by atoms with van der Waals surface area (Å²) in [5.74, 6) is 3.41. The molecular weight excluding hydrogens is 1120 g/mol. The molecule has 7 fully saturated rings. The topological polar surface area (TPSA) is 141 Å². The van der Waals surface area contributed by atoms with Crippen LogP contribution in [0.15, 0.2) is 93.8 Å². The molecule has 1 unspecified atom stereocenters. The van der Waals surface area contributed by atoms with Gasteiger partial charge in [-0.05, 0) is 213 Å². The minimum atomic E-state index is -4.63. The second kappa shape index (κ2) is 23.6. The zero-order valence-corrected chi connectivity index (χ0v) is 53.1. The fourth-order valence-electron chi connectivity index (χ4n) is 19.5. The van der Waals surface area contributed by atoms with E-state index in [-0.39, 0.29) is 89.1 Å². The molecular formula is C68H98F6O8S2. The molecule has 3 N–H and O–H groups in total. The van der Waals surface area contributed by atoms with E-state index >= 15 is 0 Å². The van der Waals surface area contributed by atoms with Crippen LogP contribution >= 0.6 is 0 Å². The third kappa shape index (κ3) is 12.0. The van der Waals surface area contributed by atoms with Crippen LogP contribution in [0.4, 0.5) is 26.3 Å². The van der Waals surface area contributed by atoms with Crippen molar-refractivity contribution >= 4 is 19.7 Å². The Morgan fingerprint density at radius 1 is 0.583 bits per heavy atom. The van der Waals surface area contributed by atoms with Crippen molar-refractivity contribution in [2.75, 3.05) is 12.4 Å². The molecule has 0 aromatic heterocycles. The molecule has 1 aliphatic heterocycles. The molecule has 1 heterocycles. The van der Waals surface area contributed by atoms with Gasteiger partial charge in [0.1, 0.15) is 0 Å². The summed E-state index contributed by atoms with van der Waals surface area (Å²) in [6, 6.07) is 17.3. The second-order valence-corrected chi connectivity index (χ2v) is 34.1. The van der Waals surface area contributed by atoms with Crippen molar-refractivity contribution in [2.45, 2.75) is 229 Å². The molecule has 0 amide bonds. The highest BCUT2D eigenvalue weighted by Gasteiger charge is 2.66. The van der Waals surface area contributed by atoms with Crippen LogP contribution in [0.5, 0.6) is 0 Å². The quantitative estimate of drug-likeness (QED) is 0.108. The van der Waals surface area contributed by atoms with Gasteiger partial charge in [-0.15, -0.1) is 0 Å². The minimum Gasteiger partial charge on any atom is -0.393 e. The third-order valence-electron chi connectivity index (χ3n) is 24.8. The number of halogens is 6. The fraction of sp³-hybridized carbons (Fsp3) is 0.765. The first-order chi connectivity index (χ1) is 39.0. The number of ether oxygens (including phenoxy) is 1. The van der Waals surface area contributed by atoms with Crippen LogP contribution in [0.1, 0.15) is 178 Å². The van der Waals surface area contributed by atoms with Crippen LogP contribution in [-0.2, 0) is 24.4 Å². The van der Waals surface area contributed by atoms with Crippen LogP contribution < -0.4 is 0 Å². The van der Waals surface area contributed by atoms with Gasteiger partial charge in [0, 0.05) is 12.8 Å². The number of fused-ring (bicyclic) bond motifs is 10. The van der Waals surface area contributed by atoms with Crippen molar-refractivity contribution < 1.29 is 63.2 Å². The van der Waals surface area contributed by atoms with Gasteiger partial charge < -0.3 is 20.1 Å². The van der Waals surface area contributed by atoms with Gasteiger partial charge in [0.25, 0.3) is 0 Å². The average Bonchev–Trinajstić information content (AvgIpc) is 1.29. The summed E-state index contributed by atoms with van der Waals surface area (Å²) >= 11 is 0. The van der Waals surface area contributed by atoms with Crippen molar-refractivity contribution in [1.82, 2.24) is 0 Å². The Morgan fingerprint density at radius 3 is 1.42 bits per heavy atom. The van der Waals surface area contributed by atoms with E-state index in [0.717, 1.165) is 87.9 Å². The largest absolute Gasteiger partial charge is 0.417 e.